The molecule has 2 rings (SSSR count). The van der Waals surface area contributed by atoms with Crippen molar-refractivity contribution in [3.63, 3.8) is 0 Å². The van der Waals surface area contributed by atoms with Crippen LogP contribution >= 0.6 is 0 Å². The summed E-state index contributed by atoms with van der Waals surface area (Å²) in [6.45, 7) is 3.71. The Hall–Kier alpha value is -1.26. The number of methoxy groups -OCH3 is 1. The number of anilines is 1. The molecule has 3 N–H and O–H groups in total. The number of hydrogen-bond acceptors (Lipinski definition) is 4. The number of aliphatic hydroxyl groups excluding tert-OH is 1. The first-order valence-electron chi connectivity index (χ1n) is 6.49. The smallest absolute Gasteiger partial charge is 0.125 e. The molecule has 0 spiro atoms. The third kappa shape index (κ3) is 2.60. The second-order valence-corrected chi connectivity index (χ2v) is 4.90. The van der Waals surface area contributed by atoms with Crippen LogP contribution in [0.25, 0.3) is 0 Å². The molecule has 0 saturated carbocycles. The summed E-state index contributed by atoms with van der Waals surface area (Å²) in [6, 6.07) is 5.95. The van der Waals surface area contributed by atoms with Gasteiger partial charge >= 0.3 is 0 Å². The molecule has 1 saturated heterocycles. The van der Waals surface area contributed by atoms with Gasteiger partial charge in [-0.05, 0) is 31.9 Å². The molecule has 100 valence electrons. The van der Waals surface area contributed by atoms with Crippen LogP contribution in [0.5, 0.6) is 5.75 Å². The van der Waals surface area contributed by atoms with E-state index in [0.717, 1.165) is 42.9 Å². The quantitative estimate of drug-likeness (QED) is 0.857. The molecule has 1 aliphatic rings. The predicted octanol–water partition coefficient (Wildman–Crippen LogP) is 1.68. The summed E-state index contributed by atoms with van der Waals surface area (Å²) in [5.41, 5.74) is 8.26. The molecule has 1 aromatic carbocycles. The SMILES string of the molecule is COc1cccc(N2CCC(O)CC2)c1[C@H](C)N. The molecule has 1 aliphatic heterocycles. The van der Waals surface area contributed by atoms with Crippen molar-refractivity contribution < 1.29 is 9.84 Å². The minimum atomic E-state index is -0.161. The fourth-order valence-electron chi connectivity index (χ4n) is 2.55. The Labute approximate surface area is 108 Å². The second kappa shape index (κ2) is 5.59. The lowest BCUT2D eigenvalue weighted by atomic mass is 10.0. The van der Waals surface area contributed by atoms with Crippen molar-refractivity contribution in [3.05, 3.63) is 23.8 Å². The lowest BCUT2D eigenvalue weighted by Gasteiger charge is -2.34. The molecule has 0 amide bonds. The maximum absolute atomic E-state index is 9.58. The van der Waals surface area contributed by atoms with Gasteiger partial charge in [0.25, 0.3) is 0 Å². The maximum atomic E-state index is 9.58. The van der Waals surface area contributed by atoms with E-state index in [4.69, 9.17) is 10.5 Å². The van der Waals surface area contributed by atoms with E-state index in [1.807, 2.05) is 19.1 Å². The molecule has 4 nitrogen and oxygen atoms in total. The molecule has 0 aliphatic carbocycles. The number of aliphatic hydroxyl groups is 1. The number of hydrogen-bond donors (Lipinski definition) is 2. The van der Waals surface area contributed by atoms with Gasteiger partial charge in [0, 0.05) is 30.4 Å². The van der Waals surface area contributed by atoms with Crippen LogP contribution in [-0.4, -0.2) is 31.4 Å². The Morgan fingerprint density at radius 3 is 2.61 bits per heavy atom. The van der Waals surface area contributed by atoms with Crippen LogP contribution in [0.15, 0.2) is 18.2 Å². The van der Waals surface area contributed by atoms with Gasteiger partial charge in [-0.3, -0.25) is 0 Å². The summed E-state index contributed by atoms with van der Waals surface area (Å²) >= 11 is 0. The Balaban J connectivity index is 2.32. The van der Waals surface area contributed by atoms with Crippen LogP contribution in [-0.2, 0) is 0 Å². The number of ether oxygens (including phenoxy) is 1. The Morgan fingerprint density at radius 2 is 2.06 bits per heavy atom. The van der Waals surface area contributed by atoms with Crippen molar-refractivity contribution in [2.45, 2.75) is 31.9 Å². The van der Waals surface area contributed by atoms with Crippen LogP contribution in [0, 0.1) is 0 Å². The average molecular weight is 250 g/mol. The van der Waals surface area contributed by atoms with Crippen LogP contribution in [0.2, 0.25) is 0 Å². The van der Waals surface area contributed by atoms with E-state index in [-0.39, 0.29) is 12.1 Å². The largest absolute Gasteiger partial charge is 0.496 e. The molecule has 0 aromatic heterocycles. The maximum Gasteiger partial charge on any atom is 0.125 e. The number of nitrogens with two attached hydrogens (primary N) is 1. The summed E-state index contributed by atoms with van der Waals surface area (Å²) in [7, 11) is 1.67. The molecule has 0 bridgehead atoms. The molecular weight excluding hydrogens is 228 g/mol. The van der Waals surface area contributed by atoms with Gasteiger partial charge < -0.3 is 20.5 Å². The Kier molecular flexibility index (Phi) is 4.09. The summed E-state index contributed by atoms with van der Waals surface area (Å²) in [5.74, 6) is 0.841. The second-order valence-electron chi connectivity index (χ2n) is 4.90. The van der Waals surface area contributed by atoms with Crippen molar-refractivity contribution >= 4 is 5.69 Å². The van der Waals surface area contributed by atoms with Gasteiger partial charge in [0.2, 0.25) is 0 Å². The summed E-state index contributed by atoms with van der Waals surface area (Å²) in [4.78, 5) is 2.29. The molecule has 1 fully saturated rings. The van der Waals surface area contributed by atoms with Crippen LogP contribution in [0.4, 0.5) is 5.69 Å². The van der Waals surface area contributed by atoms with Crippen LogP contribution in [0.3, 0.4) is 0 Å². The van der Waals surface area contributed by atoms with Crippen molar-refractivity contribution in [1.29, 1.82) is 0 Å². The van der Waals surface area contributed by atoms with Crippen molar-refractivity contribution in [2.75, 3.05) is 25.1 Å². The Bertz CT molecular complexity index is 399. The van der Waals surface area contributed by atoms with Crippen molar-refractivity contribution in [1.82, 2.24) is 0 Å². The van der Waals surface area contributed by atoms with Crippen LogP contribution in [0.1, 0.15) is 31.4 Å². The summed E-state index contributed by atoms with van der Waals surface area (Å²) in [5, 5.41) is 9.58. The highest BCUT2D eigenvalue weighted by atomic mass is 16.5. The summed E-state index contributed by atoms with van der Waals surface area (Å²) in [6.07, 6.45) is 1.47. The highest BCUT2D eigenvalue weighted by Gasteiger charge is 2.22. The summed E-state index contributed by atoms with van der Waals surface area (Å²) < 4.78 is 5.40. The van der Waals surface area contributed by atoms with Crippen molar-refractivity contribution in [2.24, 2.45) is 5.73 Å². The molecule has 0 radical (unpaired) electrons. The lowest BCUT2D eigenvalue weighted by Crippen LogP contribution is -2.36. The molecule has 18 heavy (non-hydrogen) atoms. The molecule has 1 aromatic rings. The van der Waals surface area contributed by atoms with Crippen molar-refractivity contribution in [3.8, 4) is 5.75 Å². The number of piperidine rings is 1. The zero-order chi connectivity index (χ0) is 13.1. The van der Waals surface area contributed by atoms with E-state index in [1.165, 1.54) is 0 Å². The first-order chi connectivity index (χ1) is 8.63. The monoisotopic (exact) mass is 250 g/mol. The van der Waals surface area contributed by atoms with E-state index in [1.54, 1.807) is 7.11 Å². The number of benzene rings is 1. The fraction of sp³-hybridized carbons (Fsp3) is 0.571. The first kappa shape index (κ1) is 13.2. The minimum absolute atomic E-state index is 0.0667. The van der Waals surface area contributed by atoms with E-state index in [9.17, 15) is 5.11 Å². The number of nitrogens with zero attached hydrogens (tertiary/aromatic N) is 1. The Morgan fingerprint density at radius 1 is 1.39 bits per heavy atom. The van der Waals surface area contributed by atoms with Gasteiger partial charge in [-0.1, -0.05) is 6.07 Å². The molecule has 1 atom stereocenters. The van der Waals surface area contributed by atoms with E-state index in [2.05, 4.69) is 11.0 Å². The van der Waals surface area contributed by atoms with Gasteiger partial charge in [0.15, 0.2) is 0 Å². The van der Waals surface area contributed by atoms with Gasteiger partial charge in [0.05, 0.1) is 13.2 Å². The minimum Gasteiger partial charge on any atom is -0.496 e. The van der Waals surface area contributed by atoms with E-state index >= 15 is 0 Å². The van der Waals surface area contributed by atoms with Crippen LogP contribution < -0.4 is 15.4 Å². The standard InChI is InChI=1S/C14H22N2O2/c1-10(15)14-12(4-3-5-13(14)18-2)16-8-6-11(17)7-9-16/h3-5,10-11,17H,6-9,15H2,1-2H3/t10-/m0/s1. The van der Waals surface area contributed by atoms with E-state index in [0.29, 0.717) is 0 Å². The fourth-order valence-corrected chi connectivity index (χ4v) is 2.55. The van der Waals surface area contributed by atoms with Gasteiger partial charge in [-0.2, -0.15) is 0 Å². The molecule has 0 unspecified atom stereocenters. The first-order valence-corrected chi connectivity index (χ1v) is 6.49. The highest BCUT2D eigenvalue weighted by Crippen LogP contribution is 2.34. The third-order valence-corrected chi connectivity index (χ3v) is 3.52. The average Bonchev–Trinajstić information content (AvgIpc) is 2.38. The normalized spacial score (nSPS) is 18.8. The predicted molar refractivity (Wildman–Crippen MR) is 73.1 cm³/mol. The zero-order valence-corrected chi connectivity index (χ0v) is 11.1. The molecule has 1 heterocycles. The topological polar surface area (TPSA) is 58.7 Å². The van der Waals surface area contributed by atoms with Gasteiger partial charge in [-0.25, -0.2) is 0 Å². The number of rotatable bonds is 3. The lowest BCUT2D eigenvalue weighted by molar-refractivity contribution is 0.145. The zero-order valence-electron chi connectivity index (χ0n) is 11.1. The highest BCUT2D eigenvalue weighted by molar-refractivity contribution is 5.61. The van der Waals surface area contributed by atoms with Gasteiger partial charge in [-0.15, -0.1) is 0 Å². The third-order valence-electron chi connectivity index (χ3n) is 3.52. The molecular formula is C14H22N2O2. The van der Waals surface area contributed by atoms with Gasteiger partial charge in [0.1, 0.15) is 5.75 Å². The molecule has 4 heteroatoms. The van der Waals surface area contributed by atoms with E-state index < -0.39 is 0 Å².